The van der Waals surface area contributed by atoms with Crippen LogP contribution in [-0.2, 0) is 17.8 Å². The number of alkyl carbamates (subject to hydrolysis) is 1. The minimum absolute atomic E-state index is 0. The number of pyridine rings is 2. The van der Waals surface area contributed by atoms with Crippen molar-refractivity contribution in [2.24, 2.45) is 0 Å². The molecule has 0 aromatic carbocycles. The number of hydrogen-bond acceptors (Lipinski definition) is 5. The van der Waals surface area contributed by atoms with Gasteiger partial charge in [0, 0.05) is 32.0 Å². The largest absolute Gasteiger partial charge is 0.444 e. The van der Waals surface area contributed by atoms with Gasteiger partial charge in [0.15, 0.2) is 0 Å². The zero-order valence-corrected chi connectivity index (χ0v) is 20.1. The quantitative estimate of drug-likeness (QED) is 0.452. The molecule has 0 spiro atoms. The van der Waals surface area contributed by atoms with Crippen LogP contribution in [0, 0.1) is 0 Å². The molecular weight excluding hydrogens is 444 g/mol. The van der Waals surface area contributed by atoms with Crippen molar-refractivity contribution in [3.05, 3.63) is 60.2 Å². The highest BCUT2D eigenvalue weighted by Gasteiger charge is 2.15. The van der Waals surface area contributed by atoms with Crippen LogP contribution < -0.4 is 5.32 Å². The standard InChI is InChI=1S/C23H34N4O2.BrH/c1-23(2,3)29-22(28)26-16-8-4-5-11-17-27(18-20-12-6-9-14-24-20)19-21-13-7-10-15-25-21;/h6-7,9-10,12-15H,4-5,8,11,16-19H2,1-3H3,(H,26,28);1H. The molecule has 0 radical (unpaired) electrons. The van der Waals surface area contributed by atoms with Gasteiger partial charge in [-0.2, -0.15) is 0 Å². The van der Waals surface area contributed by atoms with E-state index in [0.29, 0.717) is 6.54 Å². The number of nitrogens with zero attached hydrogens (tertiary/aromatic N) is 3. The second-order valence-electron chi connectivity index (χ2n) is 8.20. The molecule has 0 fully saturated rings. The van der Waals surface area contributed by atoms with Gasteiger partial charge in [0.1, 0.15) is 5.60 Å². The van der Waals surface area contributed by atoms with Crippen LogP contribution in [0.4, 0.5) is 4.79 Å². The van der Waals surface area contributed by atoms with Gasteiger partial charge < -0.3 is 10.1 Å². The predicted octanol–water partition coefficient (Wildman–Crippen LogP) is 5.14. The second-order valence-corrected chi connectivity index (χ2v) is 8.20. The molecule has 1 amide bonds. The van der Waals surface area contributed by atoms with Crippen molar-refractivity contribution in [2.45, 2.75) is 65.1 Å². The number of ether oxygens (including phenoxy) is 1. The van der Waals surface area contributed by atoms with Crippen LogP contribution in [0.25, 0.3) is 0 Å². The highest BCUT2D eigenvalue weighted by atomic mass is 79.9. The van der Waals surface area contributed by atoms with E-state index in [1.165, 1.54) is 0 Å². The normalized spacial score (nSPS) is 11.1. The Bertz CT molecular complexity index is 667. The van der Waals surface area contributed by atoms with Crippen molar-refractivity contribution >= 4 is 23.1 Å². The van der Waals surface area contributed by atoms with Gasteiger partial charge in [0.25, 0.3) is 0 Å². The van der Waals surface area contributed by atoms with Gasteiger partial charge in [-0.1, -0.05) is 25.0 Å². The Balaban J connectivity index is 0.00000450. The van der Waals surface area contributed by atoms with E-state index in [4.69, 9.17) is 4.74 Å². The Labute approximate surface area is 191 Å². The molecule has 1 N–H and O–H groups in total. The summed E-state index contributed by atoms with van der Waals surface area (Å²) < 4.78 is 5.24. The highest BCUT2D eigenvalue weighted by molar-refractivity contribution is 8.93. The Kier molecular flexibility index (Phi) is 12.2. The molecule has 0 aliphatic rings. The SMILES string of the molecule is Br.CC(C)(C)OC(=O)NCCCCCCN(Cc1ccccn1)Cc1ccccn1. The van der Waals surface area contributed by atoms with E-state index in [1.807, 2.05) is 57.4 Å². The Morgan fingerprint density at radius 3 is 2.00 bits per heavy atom. The van der Waals surface area contributed by atoms with Crippen LogP contribution in [0.15, 0.2) is 48.8 Å². The van der Waals surface area contributed by atoms with Crippen LogP contribution in [0.3, 0.4) is 0 Å². The minimum Gasteiger partial charge on any atom is -0.444 e. The van der Waals surface area contributed by atoms with E-state index in [0.717, 1.165) is 56.7 Å². The summed E-state index contributed by atoms with van der Waals surface area (Å²) in [4.78, 5) is 22.9. The lowest BCUT2D eigenvalue weighted by Crippen LogP contribution is -2.33. The minimum atomic E-state index is -0.450. The van der Waals surface area contributed by atoms with Crippen molar-refractivity contribution in [2.75, 3.05) is 13.1 Å². The third-order valence-electron chi connectivity index (χ3n) is 4.29. The number of aromatic nitrogens is 2. The van der Waals surface area contributed by atoms with Gasteiger partial charge in [-0.3, -0.25) is 14.9 Å². The number of rotatable bonds is 11. The van der Waals surface area contributed by atoms with Crippen LogP contribution >= 0.6 is 17.0 Å². The first-order valence-electron chi connectivity index (χ1n) is 10.4. The van der Waals surface area contributed by atoms with Crippen LogP contribution in [-0.4, -0.2) is 39.7 Å². The van der Waals surface area contributed by atoms with Crippen LogP contribution in [0.2, 0.25) is 0 Å². The van der Waals surface area contributed by atoms with Gasteiger partial charge in [-0.25, -0.2) is 4.79 Å². The number of halogens is 1. The van der Waals surface area contributed by atoms with Gasteiger partial charge in [0.05, 0.1) is 11.4 Å². The van der Waals surface area contributed by atoms with Gasteiger partial charge in [0.2, 0.25) is 0 Å². The molecule has 2 rings (SSSR count). The average Bonchev–Trinajstić information content (AvgIpc) is 2.67. The Morgan fingerprint density at radius 1 is 0.933 bits per heavy atom. The molecule has 30 heavy (non-hydrogen) atoms. The van der Waals surface area contributed by atoms with Crippen molar-refractivity contribution in [3.63, 3.8) is 0 Å². The monoisotopic (exact) mass is 478 g/mol. The molecule has 7 heteroatoms. The molecular formula is C23H35BrN4O2. The third kappa shape index (κ3) is 11.9. The molecule has 0 atom stereocenters. The third-order valence-corrected chi connectivity index (χ3v) is 4.29. The van der Waals surface area contributed by atoms with Crippen molar-refractivity contribution < 1.29 is 9.53 Å². The molecule has 0 aliphatic heterocycles. The maximum absolute atomic E-state index is 11.6. The lowest BCUT2D eigenvalue weighted by atomic mass is 10.1. The molecule has 166 valence electrons. The number of unbranched alkanes of at least 4 members (excludes halogenated alkanes) is 3. The van der Waals surface area contributed by atoms with E-state index in [1.54, 1.807) is 0 Å². The fourth-order valence-corrected chi connectivity index (χ4v) is 2.97. The maximum Gasteiger partial charge on any atom is 0.407 e. The summed E-state index contributed by atoms with van der Waals surface area (Å²) in [5.41, 5.74) is 1.70. The summed E-state index contributed by atoms with van der Waals surface area (Å²) in [6, 6.07) is 12.1. The summed E-state index contributed by atoms with van der Waals surface area (Å²) in [7, 11) is 0. The van der Waals surface area contributed by atoms with E-state index in [-0.39, 0.29) is 23.1 Å². The van der Waals surface area contributed by atoms with E-state index in [9.17, 15) is 4.79 Å². The molecule has 2 heterocycles. The first kappa shape index (κ1) is 26.0. The fourth-order valence-electron chi connectivity index (χ4n) is 2.97. The second kappa shape index (κ2) is 14.1. The first-order valence-corrected chi connectivity index (χ1v) is 10.4. The summed E-state index contributed by atoms with van der Waals surface area (Å²) in [5, 5.41) is 2.82. The summed E-state index contributed by atoms with van der Waals surface area (Å²) in [5.74, 6) is 0. The molecule has 6 nitrogen and oxygen atoms in total. The van der Waals surface area contributed by atoms with Crippen molar-refractivity contribution in [1.82, 2.24) is 20.2 Å². The fraction of sp³-hybridized carbons (Fsp3) is 0.522. The summed E-state index contributed by atoms with van der Waals surface area (Å²) >= 11 is 0. The Hall–Kier alpha value is -1.99. The van der Waals surface area contributed by atoms with Gasteiger partial charge in [-0.05, 0) is 64.4 Å². The van der Waals surface area contributed by atoms with Gasteiger partial charge >= 0.3 is 6.09 Å². The topological polar surface area (TPSA) is 67.3 Å². The zero-order chi connectivity index (χ0) is 21.0. The lowest BCUT2D eigenvalue weighted by molar-refractivity contribution is 0.0527. The molecule has 0 bridgehead atoms. The molecule has 0 aliphatic carbocycles. The Morgan fingerprint density at radius 2 is 1.50 bits per heavy atom. The number of amides is 1. The van der Waals surface area contributed by atoms with Crippen LogP contribution in [0.5, 0.6) is 0 Å². The van der Waals surface area contributed by atoms with Crippen molar-refractivity contribution in [3.8, 4) is 0 Å². The molecule has 2 aromatic heterocycles. The number of carbonyl (C=O) groups excluding carboxylic acids is 1. The van der Waals surface area contributed by atoms with Gasteiger partial charge in [-0.15, -0.1) is 17.0 Å². The number of carbonyl (C=O) groups is 1. The predicted molar refractivity (Wildman–Crippen MR) is 126 cm³/mol. The number of nitrogens with one attached hydrogen (secondary N) is 1. The lowest BCUT2D eigenvalue weighted by Gasteiger charge is -2.21. The summed E-state index contributed by atoms with van der Waals surface area (Å²) in [6.45, 7) is 8.89. The van der Waals surface area contributed by atoms with Crippen molar-refractivity contribution in [1.29, 1.82) is 0 Å². The molecule has 0 saturated carbocycles. The van der Waals surface area contributed by atoms with Crippen LogP contribution in [0.1, 0.15) is 57.8 Å². The molecule has 0 unspecified atom stereocenters. The number of hydrogen-bond donors (Lipinski definition) is 1. The zero-order valence-electron chi connectivity index (χ0n) is 18.3. The van der Waals surface area contributed by atoms with E-state index >= 15 is 0 Å². The summed E-state index contributed by atoms with van der Waals surface area (Å²) in [6.07, 6.45) is 7.60. The smallest absolute Gasteiger partial charge is 0.407 e. The molecule has 2 aromatic rings. The molecule has 0 saturated heterocycles. The maximum atomic E-state index is 11.6. The van der Waals surface area contributed by atoms with E-state index in [2.05, 4.69) is 32.3 Å². The first-order chi connectivity index (χ1) is 13.9. The van der Waals surface area contributed by atoms with E-state index < -0.39 is 5.60 Å². The average molecular weight is 479 g/mol. The highest BCUT2D eigenvalue weighted by Crippen LogP contribution is 2.10.